The van der Waals surface area contributed by atoms with E-state index in [9.17, 15) is 4.79 Å². The molecule has 3 unspecified atom stereocenters. The lowest BCUT2D eigenvalue weighted by Gasteiger charge is -2.56. The van der Waals surface area contributed by atoms with Crippen molar-refractivity contribution in [3.63, 3.8) is 0 Å². The van der Waals surface area contributed by atoms with Crippen LogP contribution in [0.4, 0.5) is 0 Å². The highest BCUT2D eigenvalue weighted by atomic mass is 16.8. The van der Waals surface area contributed by atoms with Gasteiger partial charge < -0.3 is 14.2 Å². The Kier molecular flexibility index (Phi) is 2.26. The molecule has 4 fully saturated rings. The third-order valence-electron chi connectivity index (χ3n) is 6.00. The van der Waals surface area contributed by atoms with E-state index in [0.29, 0.717) is 11.8 Å². The van der Waals surface area contributed by atoms with Crippen molar-refractivity contribution in [3.8, 4) is 0 Å². The first-order valence-electron chi connectivity index (χ1n) is 7.55. The van der Waals surface area contributed by atoms with Crippen LogP contribution in [0.3, 0.4) is 0 Å². The van der Waals surface area contributed by atoms with Crippen LogP contribution < -0.4 is 0 Å². The Balaban J connectivity index is 1.84. The van der Waals surface area contributed by atoms with Crippen LogP contribution >= 0.6 is 0 Å². The van der Waals surface area contributed by atoms with Gasteiger partial charge in [-0.2, -0.15) is 0 Å². The molecule has 1 aliphatic carbocycles. The van der Waals surface area contributed by atoms with Crippen LogP contribution in [0.1, 0.15) is 46.5 Å². The fraction of sp³-hybridized carbons (Fsp3) is 0.933. The Bertz CT molecular complexity index is 436. The van der Waals surface area contributed by atoms with E-state index in [1.54, 1.807) is 0 Å². The second-order valence-electron chi connectivity index (χ2n) is 7.07. The molecule has 4 nitrogen and oxygen atoms in total. The molecule has 0 radical (unpaired) electrons. The molecule has 3 saturated heterocycles. The first-order valence-corrected chi connectivity index (χ1v) is 7.55. The summed E-state index contributed by atoms with van der Waals surface area (Å²) in [6.07, 6.45) is 3.76. The Labute approximate surface area is 113 Å². The fourth-order valence-electron chi connectivity index (χ4n) is 5.03. The highest BCUT2D eigenvalue weighted by Gasteiger charge is 2.72. The number of hydrogen-bond acceptors (Lipinski definition) is 4. The summed E-state index contributed by atoms with van der Waals surface area (Å²) in [6.45, 7) is 6.28. The maximum atomic E-state index is 12.1. The van der Waals surface area contributed by atoms with Gasteiger partial charge in [0.05, 0.1) is 5.92 Å². The average molecular weight is 266 g/mol. The Morgan fingerprint density at radius 2 is 1.95 bits per heavy atom. The van der Waals surface area contributed by atoms with E-state index >= 15 is 0 Å². The van der Waals surface area contributed by atoms with Crippen molar-refractivity contribution in [1.29, 1.82) is 0 Å². The SMILES string of the molecule is CC1CC[C@@H]2[C@H](C)C(=O)O[C@H]3O[C@@]4(C)CCC1C32O4. The summed E-state index contributed by atoms with van der Waals surface area (Å²) in [5.41, 5.74) is -0.377. The second kappa shape index (κ2) is 3.53. The highest BCUT2D eigenvalue weighted by Crippen LogP contribution is 2.62. The van der Waals surface area contributed by atoms with Gasteiger partial charge >= 0.3 is 5.97 Å². The van der Waals surface area contributed by atoms with Gasteiger partial charge in [0.15, 0.2) is 5.79 Å². The number of rotatable bonds is 0. The Morgan fingerprint density at radius 1 is 1.16 bits per heavy atom. The molecular weight excluding hydrogens is 244 g/mol. The maximum absolute atomic E-state index is 12.1. The monoisotopic (exact) mass is 266 g/mol. The van der Waals surface area contributed by atoms with E-state index in [0.717, 1.165) is 19.3 Å². The minimum Gasteiger partial charge on any atom is -0.432 e. The fourth-order valence-corrected chi connectivity index (χ4v) is 5.03. The van der Waals surface area contributed by atoms with E-state index in [1.807, 2.05) is 13.8 Å². The van der Waals surface area contributed by atoms with Gasteiger partial charge in [-0.05, 0) is 38.0 Å². The lowest BCUT2D eigenvalue weighted by molar-refractivity contribution is -0.263. The molecule has 4 rings (SSSR count). The summed E-state index contributed by atoms with van der Waals surface area (Å²) in [6, 6.07) is 0. The standard InChI is InChI=1S/C15H22O4/c1-8-4-5-11-9(2)12(16)17-13-15(11)10(8)6-7-14(3,18-13)19-15/h8-11,13H,4-7H2,1-3H3/t8?,9-,10?,11+,13-,14+,15?/m0/s1. The molecule has 19 heavy (non-hydrogen) atoms. The second-order valence-corrected chi connectivity index (χ2v) is 7.07. The minimum atomic E-state index is -0.555. The smallest absolute Gasteiger partial charge is 0.311 e. The quantitative estimate of drug-likeness (QED) is 0.632. The first-order chi connectivity index (χ1) is 8.96. The summed E-state index contributed by atoms with van der Waals surface area (Å²) in [4.78, 5) is 12.1. The molecule has 4 aliphatic rings. The van der Waals surface area contributed by atoms with Crippen LogP contribution in [0.5, 0.6) is 0 Å². The molecule has 0 aromatic heterocycles. The number of carbonyl (C=O) groups excluding carboxylic acids is 1. The van der Waals surface area contributed by atoms with E-state index in [2.05, 4.69) is 6.92 Å². The van der Waals surface area contributed by atoms with Crippen molar-refractivity contribution in [2.45, 2.75) is 64.1 Å². The number of fused-ring (bicyclic) bond motifs is 1. The van der Waals surface area contributed by atoms with Gasteiger partial charge in [0.1, 0.15) is 5.60 Å². The predicted octanol–water partition coefficient (Wildman–Crippen LogP) is 2.46. The molecule has 0 amide bonds. The van der Waals surface area contributed by atoms with Gasteiger partial charge in [-0.15, -0.1) is 0 Å². The zero-order valence-electron chi connectivity index (χ0n) is 11.8. The van der Waals surface area contributed by atoms with Crippen molar-refractivity contribution in [3.05, 3.63) is 0 Å². The molecule has 4 heteroatoms. The van der Waals surface area contributed by atoms with E-state index in [1.165, 1.54) is 6.42 Å². The van der Waals surface area contributed by atoms with Crippen LogP contribution in [-0.2, 0) is 19.0 Å². The number of hydrogen-bond donors (Lipinski definition) is 0. The summed E-state index contributed by atoms with van der Waals surface area (Å²) >= 11 is 0. The van der Waals surface area contributed by atoms with Crippen molar-refractivity contribution in [2.75, 3.05) is 0 Å². The van der Waals surface area contributed by atoms with Crippen LogP contribution in [0.15, 0.2) is 0 Å². The van der Waals surface area contributed by atoms with E-state index in [-0.39, 0.29) is 23.4 Å². The molecule has 7 atom stereocenters. The minimum absolute atomic E-state index is 0.0738. The third-order valence-corrected chi connectivity index (χ3v) is 6.00. The molecule has 0 aromatic carbocycles. The van der Waals surface area contributed by atoms with Gasteiger partial charge in [-0.25, -0.2) is 0 Å². The number of ether oxygens (including phenoxy) is 3. The van der Waals surface area contributed by atoms with Crippen LogP contribution in [0.2, 0.25) is 0 Å². The predicted molar refractivity (Wildman–Crippen MR) is 67.0 cm³/mol. The molecule has 0 N–H and O–H groups in total. The van der Waals surface area contributed by atoms with Crippen molar-refractivity contribution in [2.24, 2.45) is 23.7 Å². The zero-order valence-corrected chi connectivity index (χ0v) is 11.8. The van der Waals surface area contributed by atoms with Gasteiger partial charge in [-0.1, -0.05) is 13.8 Å². The first kappa shape index (κ1) is 12.2. The van der Waals surface area contributed by atoms with Crippen molar-refractivity contribution >= 4 is 5.97 Å². The Morgan fingerprint density at radius 3 is 2.74 bits per heavy atom. The Hall–Kier alpha value is -0.610. The average Bonchev–Trinajstić information content (AvgIpc) is 2.56. The zero-order chi connectivity index (χ0) is 13.4. The van der Waals surface area contributed by atoms with Gasteiger partial charge in [0, 0.05) is 12.3 Å². The molecule has 1 spiro atoms. The summed E-state index contributed by atoms with van der Waals surface area (Å²) in [5.74, 6) is 0.586. The number of esters is 1. The van der Waals surface area contributed by atoms with E-state index < -0.39 is 12.1 Å². The molecule has 1 saturated carbocycles. The molecule has 2 bridgehead atoms. The lowest BCUT2D eigenvalue weighted by Crippen LogP contribution is -2.65. The highest BCUT2D eigenvalue weighted by molar-refractivity contribution is 5.74. The van der Waals surface area contributed by atoms with E-state index in [4.69, 9.17) is 14.2 Å². The summed E-state index contributed by atoms with van der Waals surface area (Å²) in [7, 11) is 0. The van der Waals surface area contributed by atoms with Crippen LogP contribution in [0, 0.1) is 23.7 Å². The lowest BCUT2D eigenvalue weighted by atomic mass is 9.57. The van der Waals surface area contributed by atoms with Gasteiger partial charge in [0.25, 0.3) is 0 Å². The maximum Gasteiger partial charge on any atom is 0.311 e. The molecular formula is C15H22O4. The molecule has 0 aromatic rings. The summed E-state index contributed by atoms with van der Waals surface area (Å²) in [5, 5.41) is 0. The topological polar surface area (TPSA) is 44.8 Å². The van der Waals surface area contributed by atoms with Crippen LogP contribution in [0.25, 0.3) is 0 Å². The normalized spacial score (nSPS) is 59.5. The summed E-state index contributed by atoms with van der Waals surface area (Å²) < 4.78 is 18.0. The van der Waals surface area contributed by atoms with Gasteiger partial charge in [-0.3, -0.25) is 4.79 Å². The number of carbonyl (C=O) groups is 1. The largest absolute Gasteiger partial charge is 0.432 e. The third kappa shape index (κ3) is 1.34. The van der Waals surface area contributed by atoms with Gasteiger partial charge in [0.2, 0.25) is 6.29 Å². The van der Waals surface area contributed by atoms with Crippen molar-refractivity contribution in [1.82, 2.24) is 0 Å². The van der Waals surface area contributed by atoms with Crippen LogP contribution in [-0.4, -0.2) is 23.6 Å². The molecule has 3 heterocycles. The van der Waals surface area contributed by atoms with Crippen molar-refractivity contribution < 1.29 is 19.0 Å². The molecule has 3 aliphatic heterocycles. The molecule has 106 valence electrons.